The van der Waals surface area contributed by atoms with Crippen LogP contribution in [0.15, 0.2) is 42.5 Å². The Kier molecular flexibility index (Phi) is 2.52. The Bertz CT molecular complexity index is 497. The van der Waals surface area contributed by atoms with Gasteiger partial charge in [-0.25, -0.2) is 0 Å². The molecule has 2 aromatic rings. The van der Waals surface area contributed by atoms with Gasteiger partial charge in [-0.05, 0) is 35.9 Å². The normalized spacial score (nSPS) is 10.2. The van der Waals surface area contributed by atoms with E-state index in [-0.39, 0.29) is 5.75 Å². The summed E-state index contributed by atoms with van der Waals surface area (Å²) >= 11 is 5.87. The van der Waals surface area contributed by atoms with E-state index < -0.39 is 0 Å². The van der Waals surface area contributed by atoms with Gasteiger partial charge in [-0.3, -0.25) is 0 Å². The third-order valence-electron chi connectivity index (χ3n) is 2.16. The zero-order chi connectivity index (χ0) is 10.8. The zero-order valence-corrected chi connectivity index (χ0v) is 8.70. The average molecular weight is 220 g/mol. The van der Waals surface area contributed by atoms with Gasteiger partial charge in [-0.15, -0.1) is 0 Å². The van der Waals surface area contributed by atoms with Gasteiger partial charge in [-0.1, -0.05) is 23.7 Å². The van der Waals surface area contributed by atoms with Crippen LogP contribution in [0, 0.1) is 0 Å². The molecule has 0 aromatic heterocycles. The fourth-order valence-corrected chi connectivity index (χ4v) is 1.63. The predicted molar refractivity (Wildman–Crippen MR) is 63.0 cm³/mol. The van der Waals surface area contributed by atoms with Crippen molar-refractivity contribution in [3.05, 3.63) is 47.5 Å². The number of anilines is 1. The summed E-state index contributed by atoms with van der Waals surface area (Å²) < 4.78 is 0. The highest BCUT2D eigenvalue weighted by molar-refractivity contribution is 6.30. The molecule has 0 saturated heterocycles. The van der Waals surface area contributed by atoms with E-state index in [9.17, 15) is 5.11 Å². The Morgan fingerprint density at radius 1 is 1.07 bits per heavy atom. The Morgan fingerprint density at radius 2 is 1.87 bits per heavy atom. The molecule has 0 fully saturated rings. The molecule has 0 unspecified atom stereocenters. The van der Waals surface area contributed by atoms with Crippen molar-refractivity contribution in [2.24, 2.45) is 0 Å². The van der Waals surface area contributed by atoms with Crippen molar-refractivity contribution in [3.8, 4) is 16.9 Å². The SMILES string of the molecule is Nc1ccc(O)c(-c2cccc(Cl)c2)c1. The van der Waals surface area contributed by atoms with E-state index in [1.165, 1.54) is 0 Å². The molecule has 2 aromatic carbocycles. The Morgan fingerprint density at radius 3 is 2.60 bits per heavy atom. The number of nitrogen functional groups attached to an aromatic ring is 1. The fraction of sp³-hybridized carbons (Fsp3) is 0. The number of hydrogen-bond acceptors (Lipinski definition) is 2. The van der Waals surface area contributed by atoms with Crippen molar-refractivity contribution >= 4 is 17.3 Å². The molecule has 0 aliphatic heterocycles. The number of nitrogens with two attached hydrogens (primary N) is 1. The van der Waals surface area contributed by atoms with Gasteiger partial charge in [0.2, 0.25) is 0 Å². The van der Waals surface area contributed by atoms with Crippen LogP contribution in [0.5, 0.6) is 5.75 Å². The highest BCUT2D eigenvalue weighted by Crippen LogP contribution is 2.31. The summed E-state index contributed by atoms with van der Waals surface area (Å²) in [7, 11) is 0. The van der Waals surface area contributed by atoms with Gasteiger partial charge in [0.1, 0.15) is 5.75 Å². The van der Waals surface area contributed by atoms with Crippen molar-refractivity contribution < 1.29 is 5.11 Å². The lowest BCUT2D eigenvalue weighted by atomic mass is 10.0. The Hall–Kier alpha value is -1.67. The number of rotatable bonds is 1. The third-order valence-corrected chi connectivity index (χ3v) is 2.39. The lowest BCUT2D eigenvalue weighted by Crippen LogP contribution is -1.86. The quantitative estimate of drug-likeness (QED) is 0.571. The van der Waals surface area contributed by atoms with Crippen LogP contribution in [0.3, 0.4) is 0 Å². The number of aromatic hydroxyl groups is 1. The van der Waals surface area contributed by atoms with E-state index in [0.717, 1.165) is 5.56 Å². The lowest BCUT2D eigenvalue weighted by Gasteiger charge is -2.06. The van der Waals surface area contributed by atoms with Crippen LogP contribution in [0.25, 0.3) is 11.1 Å². The van der Waals surface area contributed by atoms with Crippen LogP contribution >= 0.6 is 11.6 Å². The summed E-state index contributed by atoms with van der Waals surface area (Å²) in [5.41, 5.74) is 7.82. The van der Waals surface area contributed by atoms with Gasteiger partial charge in [0, 0.05) is 16.3 Å². The second-order valence-corrected chi connectivity index (χ2v) is 3.72. The maximum absolute atomic E-state index is 9.68. The van der Waals surface area contributed by atoms with Crippen molar-refractivity contribution in [1.82, 2.24) is 0 Å². The standard InChI is InChI=1S/C12H10ClNO/c13-9-3-1-2-8(6-9)11-7-10(14)4-5-12(11)15/h1-7,15H,14H2. The Balaban J connectivity index is 2.58. The molecule has 0 heterocycles. The molecule has 0 aliphatic carbocycles. The first kappa shape index (κ1) is 9.87. The van der Waals surface area contributed by atoms with Crippen molar-refractivity contribution in [1.29, 1.82) is 0 Å². The molecule has 0 amide bonds. The van der Waals surface area contributed by atoms with Crippen LogP contribution in [0.1, 0.15) is 0 Å². The minimum absolute atomic E-state index is 0.200. The van der Waals surface area contributed by atoms with E-state index >= 15 is 0 Å². The van der Waals surface area contributed by atoms with Gasteiger partial charge in [0.15, 0.2) is 0 Å². The van der Waals surface area contributed by atoms with Crippen LogP contribution in [0.2, 0.25) is 5.02 Å². The summed E-state index contributed by atoms with van der Waals surface area (Å²) in [5, 5.41) is 10.3. The molecule has 15 heavy (non-hydrogen) atoms. The van der Waals surface area contributed by atoms with Gasteiger partial charge in [0.05, 0.1) is 0 Å². The second kappa shape index (κ2) is 3.83. The summed E-state index contributed by atoms with van der Waals surface area (Å²) in [4.78, 5) is 0. The predicted octanol–water partition coefficient (Wildman–Crippen LogP) is 3.29. The molecule has 2 nitrogen and oxygen atoms in total. The summed E-state index contributed by atoms with van der Waals surface area (Å²) in [6.07, 6.45) is 0. The highest BCUT2D eigenvalue weighted by atomic mass is 35.5. The topological polar surface area (TPSA) is 46.2 Å². The van der Waals surface area contributed by atoms with Crippen molar-refractivity contribution in [2.75, 3.05) is 5.73 Å². The molecule has 0 atom stereocenters. The highest BCUT2D eigenvalue weighted by Gasteiger charge is 2.04. The molecular formula is C12H10ClNO. The maximum atomic E-state index is 9.68. The first-order valence-electron chi connectivity index (χ1n) is 4.51. The van der Waals surface area contributed by atoms with E-state index in [1.807, 2.05) is 12.1 Å². The fourth-order valence-electron chi connectivity index (χ4n) is 1.44. The smallest absolute Gasteiger partial charge is 0.123 e. The van der Waals surface area contributed by atoms with Crippen LogP contribution in [-0.4, -0.2) is 5.11 Å². The number of phenolic OH excluding ortho intramolecular Hbond substituents is 1. The molecular weight excluding hydrogens is 210 g/mol. The van der Waals surface area contributed by atoms with Gasteiger partial charge < -0.3 is 10.8 Å². The molecule has 0 saturated carbocycles. The first-order chi connectivity index (χ1) is 7.16. The Labute approximate surface area is 92.9 Å². The van der Waals surface area contributed by atoms with Gasteiger partial charge in [0.25, 0.3) is 0 Å². The number of phenols is 1. The van der Waals surface area contributed by atoms with E-state index in [1.54, 1.807) is 30.3 Å². The molecule has 0 spiro atoms. The van der Waals surface area contributed by atoms with Crippen LogP contribution in [-0.2, 0) is 0 Å². The molecule has 0 bridgehead atoms. The lowest BCUT2D eigenvalue weighted by molar-refractivity contribution is 0.477. The number of hydrogen-bond donors (Lipinski definition) is 2. The summed E-state index contributed by atoms with van der Waals surface area (Å²) in [6.45, 7) is 0. The maximum Gasteiger partial charge on any atom is 0.123 e. The van der Waals surface area contributed by atoms with Gasteiger partial charge >= 0.3 is 0 Å². The minimum atomic E-state index is 0.200. The van der Waals surface area contributed by atoms with E-state index in [4.69, 9.17) is 17.3 Å². The average Bonchev–Trinajstić information content (AvgIpc) is 2.22. The summed E-state index contributed by atoms with van der Waals surface area (Å²) in [5.74, 6) is 0.200. The molecule has 3 heteroatoms. The zero-order valence-electron chi connectivity index (χ0n) is 7.94. The van der Waals surface area contributed by atoms with Crippen LogP contribution in [0.4, 0.5) is 5.69 Å². The van der Waals surface area contributed by atoms with E-state index in [2.05, 4.69) is 0 Å². The molecule has 0 radical (unpaired) electrons. The first-order valence-corrected chi connectivity index (χ1v) is 4.89. The molecule has 3 N–H and O–H groups in total. The minimum Gasteiger partial charge on any atom is -0.507 e. The number of benzene rings is 2. The third kappa shape index (κ3) is 2.05. The monoisotopic (exact) mass is 219 g/mol. The van der Waals surface area contributed by atoms with E-state index in [0.29, 0.717) is 16.3 Å². The number of halogens is 1. The molecule has 2 rings (SSSR count). The molecule has 76 valence electrons. The second-order valence-electron chi connectivity index (χ2n) is 3.29. The largest absolute Gasteiger partial charge is 0.507 e. The summed E-state index contributed by atoms with van der Waals surface area (Å²) in [6, 6.07) is 12.2. The van der Waals surface area contributed by atoms with Crippen LogP contribution < -0.4 is 5.73 Å². The van der Waals surface area contributed by atoms with Crippen molar-refractivity contribution in [2.45, 2.75) is 0 Å². The molecule has 0 aliphatic rings. The van der Waals surface area contributed by atoms with Crippen molar-refractivity contribution in [3.63, 3.8) is 0 Å². The van der Waals surface area contributed by atoms with Gasteiger partial charge in [-0.2, -0.15) is 0 Å².